The Labute approximate surface area is 131 Å². The number of pyridine rings is 1. The minimum absolute atomic E-state index is 0.882. The lowest BCUT2D eigenvalue weighted by molar-refractivity contribution is -0.660. The maximum Gasteiger partial charge on any atom is 0.256 e. The molecule has 3 aromatic heterocycles. The molecule has 4 rings (SSSR count). The number of tetrazole rings is 1. The molecule has 1 aromatic carbocycles. The molecule has 0 unspecified atom stereocenters. The van der Waals surface area contributed by atoms with E-state index in [2.05, 4.69) is 32.9 Å². The monoisotopic (exact) mass is 306 g/mol. The number of hydrogen-bond donors (Lipinski definition) is 0. The third-order valence-electron chi connectivity index (χ3n) is 3.27. The molecule has 0 radical (unpaired) electrons. The number of para-hydroxylation sites is 1. The molecule has 106 valence electrons. The molecule has 0 fully saturated rings. The molecule has 3 heterocycles. The zero-order valence-electron chi connectivity index (χ0n) is 11.6. The number of aromatic nitrogens is 5. The highest BCUT2D eigenvalue weighted by molar-refractivity contribution is 7.13. The van der Waals surface area contributed by atoms with E-state index in [9.17, 15) is 0 Å². The molecule has 4 aromatic rings. The maximum absolute atomic E-state index is 4.31. The molecule has 0 aliphatic heterocycles. The van der Waals surface area contributed by atoms with Crippen molar-refractivity contribution in [1.82, 2.24) is 20.1 Å². The summed E-state index contributed by atoms with van der Waals surface area (Å²) in [5, 5.41) is 10.4. The van der Waals surface area contributed by atoms with Crippen molar-refractivity contribution in [2.45, 2.75) is 0 Å². The van der Waals surface area contributed by atoms with Crippen molar-refractivity contribution in [2.75, 3.05) is 0 Å². The molecule has 0 saturated carbocycles. The van der Waals surface area contributed by atoms with Crippen LogP contribution in [0.4, 0.5) is 0 Å². The van der Waals surface area contributed by atoms with E-state index in [-0.39, 0.29) is 0 Å². The van der Waals surface area contributed by atoms with Crippen LogP contribution in [-0.4, -0.2) is 20.1 Å². The van der Waals surface area contributed by atoms with Gasteiger partial charge in [0.25, 0.3) is 6.33 Å². The molecule has 6 heteroatoms. The molecule has 0 aliphatic carbocycles. The van der Waals surface area contributed by atoms with Crippen molar-refractivity contribution < 1.29 is 4.68 Å². The Morgan fingerprint density at radius 3 is 2.73 bits per heavy atom. The van der Waals surface area contributed by atoms with Gasteiger partial charge in [-0.25, -0.2) is 0 Å². The second-order valence-corrected chi connectivity index (χ2v) is 5.68. The zero-order chi connectivity index (χ0) is 14.8. The number of thiophene rings is 1. The molecular weight excluding hydrogens is 294 g/mol. The van der Waals surface area contributed by atoms with Crippen LogP contribution in [0.2, 0.25) is 0 Å². The number of nitrogens with zero attached hydrogens (tertiary/aromatic N) is 5. The highest BCUT2D eigenvalue weighted by Crippen LogP contribution is 2.25. The Morgan fingerprint density at radius 1 is 1.00 bits per heavy atom. The summed E-state index contributed by atoms with van der Waals surface area (Å²) in [6, 6.07) is 16.1. The van der Waals surface area contributed by atoms with E-state index >= 15 is 0 Å². The van der Waals surface area contributed by atoms with Gasteiger partial charge in [-0.15, -0.1) is 16.0 Å². The lowest BCUT2D eigenvalue weighted by atomic mass is 10.2. The summed E-state index contributed by atoms with van der Waals surface area (Å²) in [6.45, 7) is 0. The Morgan fingerprint density at radius 2 is 1.91 bits per heavy atom. The summed E-state index contributed by atoms with van der Waals surface area (Å²) in [7, 11) is 0. The van der Waals surface area contributed by atoms with E-state index in [1.807, 2.05) is 48.9 Å². The Balaban J connectivity index is 1.71. The lowest BCUT2D eigenvalue weighted by Crippen LogP contribution is -2.31. The summed E-state index contributed by atoms with van der Waals surface area (Å²) in [5.41, 5.74) is 2.93. The Kier molecular flexibility index (Phi) is 3.21. The van der Waals surface area contributed by atoms with Crippen molar-refractivity contribution in [3.63, 3.8) is 0 Å². The van der Waals surface area contributed by atoms with Gasteiger partial charge in [0.05, 0.1) is 6.20 Å². The van der Waals surface area contributed by atoms with Gasteiger partial charge in [0, 0.05) is 16.6 Å². The predicted octanol–water partition coefficient (Wildman–Crippen LogP) is 2.67. The van der Waals surface area contributed by atoms with Crippen LogP contribution in [0.1, 0.15) is 0 Å². The van der Waals surface area contributed by atoms with Crippen molar-refractivity contribution in [3.05, 3.63) is 72.6 Å². The van der Waals surface area contributed by atoms with Crippen LogP contribution in [0.3, 0.4) is 0 Å². The van der Waals surface area contributed by atoms with Gasteiger partial charge in [-0.1, -0.05) is 28.9 Å². The Hall–Kier alpha value is -2.86. The quantitative estimate of drug-likeness (QED) is 0.547. The van der Waals surface area contributed by atoms with Gasteiger partial charge in [0.2, 0.25) is 0 Å². The molecule has 0 aliphatic rings. The van der Waals surface area contributed by atoms with E-state index in [4.69, 9.17) is 0 Å². The van der Waals surface area contributed by atoms with Crippen LogP contribution in [0.15, 0.2) is 72.6 Å². The van der Waals surface area contributed by atoms with Gasteiger partial charge in [0.1, 0.15) is 10.9 Å². The molecule has 0 atom stereocenters. The smallest absolute Gasteiger partial charge is 0.256 e. The van der Waals surface area contributed by atoms with Crippen LogP contribution < -0.4 is 4.68 Å². The summed E-state index contributed by atoms with van der Waals surface area (Å²) in [6.07, 6.45) is 5.48. The van der Waals surface area contributed by atoms with E-state index in [1.165, 1.54) is 4.88 Å². The maximum atomic E-state index is 4.31. The van der Waals surface area contributed by atoms with Crippen molar-refractivity contribution in [1.29, 1.82) is 0 Å². The van der Waals surface area contributed by atoms with Crippen molar-refractivity contribution in [2.24, 2.45) is 0 Å². The number of rotatable bonds is 3. The first-order chi connectivity index (χ1) is 10.9. The summed E-state index contributed by atoms with van der Waals surface area (Å²) >= 11 is 1.69. The topological polar surface area (TPSA) is 47.5 Å². The third kappa shape index (κ3) is 2.40. The second-order valence-electron chi connectivity index (χ2n) is 4.73. The van der Waals surface area contributed by atoms with Crippen LogP contribution in [-0.2, 0) is 0 Å². The third-order valence-corrected chi connectivity index (χ3v) is 4.19. The lowest BCUT2D eigenvalue weighted by Gasteiger charge is -1.97. The first kappa shape index (κ1) is 12.8. The Bertz CT molecular complexity index is 884. The first-order valence-corrected chi connectivity index (χ1v) is 7.67. The predicted molar refractivity (Wildman–Crippen MR) is 84.0 cm³/mol. The molecule has 5 nitrogen and oxygen atoms in total. The van der Waals surface area contributed by atoms with Crippen molar-refractivity contribution >= 4 is 11.3 Å². The number of hydrogen-bond acceptors (Lipinski definition) is 4. The molecular formula is C16H12N5S+. The normalized spacial score (nSPS) is 10.7. The van der Waals surface area contributed by atoms with Gasteiger partial charge in [0.15, 0.2) is 10.9 Å². The van der Waals surface area contributed by atoms with E-state index in [0.29, 0.717) is 0 Å². The molecule has 0 bridgehead atoms. The molecule has 0 saturated heterocycles. The fraction of sp³-hybridized carbons (Fsp3) is 0. The van der Waals surface area contributed by atoms with Crippen LogP contribution >= 0.6 is 11.3 Å². The SMILES string of the molecule is c1ccc(-[n+]2cn(-c3cncc(-c4cccs4)c3)nn2)cc1. The van der Waals surface area contributed by atoms with Gasteiger partial charge >= 0.3 is 0 Å². The van der Waals surface area contributed by atoms with Gasteiger partial charge < -0.3 is 0 Å². The number of benzene rings is 1. The van der Waals surface area contributed by atoms with E-state index in [1.54, 1.807) is 26.9 Å². The molecule has 0 N–H and O–H groups in total. The fourth-order valence-corrected chi connectivity index (χ4v) is 2.89. The molecule has 0 amide bonds. The van der Waals surface area contributed by atoms with Crippen LogP contribution in [0.25, 0.3) is 21.8 Å². The van der Waals surface area contributed by atoms with Gasteiger partial charge in [-0.3, -0.25) is 4.98 Å². The van der Waals surface area contributed by atoms with Crippen LogP contribution in [0.5, 0.6) is 0 Å². The van der Waals surface area contributed by atoms with Crippen molar-refractivity contribution in [3.8, 4) is 21.8 Å². The minimum Gasteiger partial charge on any atom is -0.260 e. The van der Waals surface area contributed by atoms with Gasteiger partial charge in [-0.2, -0.15) is 0 Å². The van der Waals surface area contributed by atoms with E-state index in [0.717, 1.165) is 16.9 Å². The highest BCUT2D eigenvalue weighted by Gasteiger charge is 2.13. The molecule has 0 spiro atoms. The summed E-state index contributed by atoms with van der Waals surface area (Å²) < 4.78 is 3.45. The fourth-order valence-electron chi connectivity index (χ4n) is 2.18. The first-order valence-electron chi connectivity index (χ1n) is 6.79. The van der Waals surface area contributed by atoms with Crippen LogP contribution in [0, 0.1) is 0 Å². The summed E-state index contributed by atoms with van der Waals surface area (Å²) in [4.78, 5) is 5.49. The largest absolute Gasteiger partial charge is 0.260 e. The van der Waals surface area contributed by atoms with Gasteiger partial charge in [-0.05, 0) is 29.6 Å². The second kappa shape index (κ2) is 5.50. The summed E-state index contributed by atoms with van der Waals surface area (Å²) in [5.74, 6) is 0. The zero-order valence-corrected chi connectivity index (χ0v) is 12.4. The van der Waals surface area contributed by atoms with E-state index < -0.39 is 0 Å². The average molecular weight is 306 g/mol. The standard InChI is InChI=1S/C16H12N5S/c1-2-5-14(6-3-1)20-12-21(19-18-20)15-9-13(10-17-11-15)16-7-4-8-22-16/h1-12H/q+1. The average Bonchev–Trinajstić information content (AvgIpc) is 3.28. The highest BCUT2D eigenvalue weighted by atomic mass is 32.1. The molecule has 22 heavy (non-hydrogen) atoms. The minimum atomic E-state index is 0.882.